The second-order valence-corrected chi connectivity index (χ2v) is 7.30. The van der Waals surface area contributed by atoms with Crippen molar-refractivity contribution in [3.63, 3.8) is 0 Å². The predicted molar refractivity (Wildman–Crippen MR) is 108 cm³/mol. The molecule has 0 unspecified atom stereocenters. The normalized spacial score (nSPS) is 14.6. The van der Waals surface area contributed by atoms with E-state index in [-0.39, 0.29) is 11.9 Å². The van der Waals surface area contributed by atoms with E-state index in [9.17, 15) is 4.79 Å². The van der Waals surface area contributed by atoms with E-state index in [2.05, 4.69) is 38.0 Å². The van der Waals surface area contributed by atoms with Crippen LogP contribution in [0.4, 0.5) is 0 Å². The summed E-state index contributed by atoms with van der Waals surface area (Å²) in [5.41, 5.74) is 4.17. The minimum Gasteiger partial charge on any atom is -0.485 e. The molecule has 1 atom stereocenters. The highest BCUT2D eigenvalue weighted by Crippen LogP contribution is 2.35. The van der Waals surface area contributed by atoms with E-state index in [0.717, 1.165) is 46.7 Å². The van der Waals surface area contributed by atoms with Gasteiger partial charge in [0.15, 0.2) is 5.78 Å². The van der Waals surface area contributed by atoms with E-state index in [0.29, 0.717) is 18.2 Å². The van der Waals surface area contributed by atoms with Gasteiger partial charge in [-0.1, -0.05) is 46.3 Å². The fraction of sp³-hybridized carbons (Fsp3) is 0.273. The van der Waals surface area contributed by atoms with Gasteiger partial charge in [0.2, 0.25) is 0 Å². The number of ketones is 1. The minimum absolute atomic E-state index is 0.160. The number of carbonyl (C=O) groups excluding carboxylic acids is 1. The summed E-state index contributed by atoms with van der Waals surface area (Å²) in [4.78, 5) is 19.8. The molecule has 2 aromatic carbocycles. The van der Waals surface area contributed by atoms with Crippen molar-refractivity contribution >= 4 is 21.7 Å². The minimum atomic E-state index is -0.160. The number of halogens is 1. The van der Waals surface area contributed by atoms with Gasteiger partial charge in [0, 0.05) is 41.7 Å². The van der Waals surface area contributed by atoms with Crippen LogP contribution < -0.4 is 4.74 Å². The molecule has 0 radical (unpaired) electrons. The van der Waals surface area contributed by atoms with Crippen molar-refractivity contribution < 1.29 is 9.53 Å². The highest BCUT2D eigenvalue weighted by atomic mass is 79.9. The van der Waals surface area contributed by atoms with Gasteiger partial charge in [-0.3, -0.25) is 4.79 Å². The zero-order valence-corrected chi connectivity index (χ0v) is 16.5. The number of imidazole rings is 1. The maximum atomic E-state index is 12.3. The molecule has 1 aromatic heterocycles. The first-order chi connectivity index (χ1) is 13.3. The van der Waals surface area contributed by atoms with Crippen molar-refractivity contribution in [3.05, 3.63) is 82.9 Å². The van der Waals surface area contributed by atoms with Crippen LogP contribution in [0.2, 0.25) is 0 Å². The number of rotatable bonds is 6. The summed E-state index contributed by atoms with van der Waals surface area (Å²) in [6.07, 6.45) is 6.54. The molecule has 27 heavy (non-hydrogen) atoms. The van der Waals surface area contributed by atoms with Crippen LogP contribution >= 0.6 is 15.9 Å². The molecule has 0 saturated carbocycles. The van der Waals surface area contributed by atoms with Crippen LogP contribution in [0.3, 0.4) is 0 Å². The van der Waals surface area contributed by atoms with Gasteiger partial charge in [-0.05, 0) is 36.1 Å². The van der Waals surface area contributed by atoms with Crippen LogP contribution in [0, 0.1) is 0 Å². The number of Topliss-reactive ketones (excluding diaryl/α,β-unsaturated/α-hetero) is 1. The lowest BCUT2D eigenvalue weighted by molar-refractivity contribution is 0.0972. The molecular formula is C22H21BrN2O2. The van der Waals surface area contributed by atoms with Crippen molar-refractivity contribution in [2.45, 2.75) is 37.1 Å². The first kappa shape index (κ1) is 18.0. The van der Waals surface area contributed by atoms with Gasteiger partial charge in [-0.25, -0.2) is 4.98 Å². The Morgan fingerprint density at radius 1 is 1.15 bits per heavy atom. The monoisotopic (exact) mass is 424 g/mol. The van der Waals surface area contributed by atoms with Crippen molar-refractivity contribution in [2.75, 3.05) is 0 Å². The number of alkyl halides is 1. The molecule has 138 valence electrons. The van der Waals surface area contributed by atoms with Crippen LogP contribution in [0.1, 0.15) is 51.8 Å². The van der Waals surface area contributed by atoms with Gasteiger partial charge in [0.1, 0.15) is 17.7 Å². The molecule has 1 aliphatic rings. The topological polar surface area (TPSA) is 55.0 Å². The summed E-state index contributed by atoms with van der Waals surface area (Å²) < 4.78 is 6.50. The number of ether oxygens (including phenoxy) is 1. The maximum Gasteiger partial charge on any atom is 0.163 e. The van der Waals surface area contributed by atoms with Crippen LogP contribution in [0.5, 0.6) is 5.75 Å². The zero-order valence-electron chi connectivity index (χ0n) is 15.0. The molecule has 4 rings (SSSR count). The molecule has 1 aliphatic carbocycles. The van der Waals surface area contributed by atoms with Gasteiger partial charge in [0.05, 0.1) is 0 Å². The Labute approximate surface area is 167 Å². The van der Waals surface area contributed by atoms with Gasteiger partial charge < -0.3 is 9.72 Å². The van der Waals surface area contributed by atoms with E-state index in [1.54, 1.807) is 6.20 Å². The first-order valence-corrected chi connectivity index (χ1v) is 10.3. The fourth-order valence-electron chi connectivity index (χ4n) is 3.67. The fourth-order valence-corrected chi connectivity index (χ4v) is 4.28. The van der Waals surface area contributed by atoms with Gasteiger partial charge in [0.25, 0.3) is 0 Å². The van der Waals surface area contributed by atoms with Crippen molar-refractivity contribution in [2.24, 2.45) is 0 Å². The van der Waals surface area contributed by atoms with E-state index in [4.69, 9.17) is 4.74 Å². The Hall–Kier alpha value is -2.40. The number of nitrogens with one attached hydrogen (secondary N) is 1. The van der Waals surface area contributed by atoms with Gasteiger partial charge in [-0.2, -0.15) is 0 Å². The molecule has 0 bridgehead atoms. The zero-order chi connectivity index (χ0) is 18.6. The Morgan fingerprint density at radius 2 is 2.00 bits per heavy atom. The number of aromatic nitrogens is 2. The van der Waals surface area contributed by atoms with Crippen LogP contribution in [0.25, 0.3) is 0 Å². The highest BCUT2D eigenvalue weighted by Gasteiger charge is 2.24. The molecule has 5 heteroatoms. The average molecular weight is 425 g/mol. The summed E-state index contributed by atoms with van der Waals surface area (Å²) in [7, 11) is 0. The molecule has 0 fully saturated rings. The van der Waals surface area contributed by atoms with E-state index in [1.165, 1.54) is 0 Å². The van der Waals surface area contributed by atoms with E-state index < -0.39 is 0 Å². The number of fused-ring (bicyclic) bond motifs is 1. The second-order valence-electron chi connectivity index (χ2n) is 6.74. The number of H-pyrrole nitrogens is 1. The number of carbonyl (C=O) groups is 1. The Bertz CT molecular complexity index is 923. The van der Waals surface area contributed by atoms with Crippen molar-refractivity contribution in [1.29, 1.82) is 0 Å². The lowest BCUT2D eigenvalue weighted by Crippen LogP contribution is -2.16. The highest BCUT2D eigenvalue weighted by molar-refractivity contribution is 9.08. The van der Waals surface area contributed by atoms with Gasteiger partial charge >= 0.3 is 0 Å². The summed E-state index contributed by atoms with van der Waals surface area (Å²) >= 11 is 3.60. The van der Waals surface area contributed by atoms with Crippen LogP contribution in [0.15, 0.2) is 54.9 Å². The SMILES string of the molecule is O=C1CCCc2c1ccc(O[C@@H](Cc1ncc[nH]1)c1ccccc1)c2CBr. The molecule has 1 N–H and O–H groups in total. The lowest BCUT2D eigenvalue weighted by Gasteiger charge is -2.24. The molecule has 3 aromatic rings. The summed E-state index contributed by atoms with van der Waals surface area (Å²) in [5.74, 6) is 1.96. The number of aromatic amines is 1. The smallest absolute Gasteiger partial charge is 0.163 e. The third-order valence-electron chi connectivity index (χ3n) is 5.03. The standard InChI is InChI=1S/C22H21BrN2O2/c23-14-18-16-7-4-8-19(26)17(16)9-10-20(18)27-21(13-22-24-11-12-25-22)15-5-2-1-3-6-15/h1-3,5-6,9-12,21H,4,7-8,13-14H2,(H,24,25)/t21-/m0/s1. The molecular weight excluding hydrogens is 404 g/mol. The molecule has 4 nitrogen and oxygen atoms in total. The Balaban J connectivity index is 1.69. The molecule has 0 amide bonds. The van der Waals surface area contributed by atoms with Crippen molar-refractivity contribution in [3.8, 4) is 5.75 Å². The quantitative estimate of drug-likeness (QED) is 0.554. The Morgan fingerprint density at radius 3 is 2.74 bits per heavy atom. The number of hydrogen-bond acceptors (Lipinski definition) is 3. The maximum absolute atomic E-state index is 12.3. The predicted octanol–water partition coefficient (Wildman–Crippen LogP) is 5.19. The summed E-state index contributed by atoms with van der Waals surface area (Å²) in [6, 6.07) is 14.0. The number of nitrogens with zero attached hydrogens (tertiary/aromatic N) is 1. The Kier molecular flexibility index (Phi) is 5.39. The van der Waals surface area contributed by atoms with E-state index in [1.807, 2.05) is 36.5 Å². The number of benzene rings is 2. The first-order valence-electron chi connectivity index (χ1n) is 9.20. The second kappa shape index (κ2) is 8.09. The molecule has 0 aliphatic heterocycles. The largest absolute Gasteiger partial charge is 0.485 e. The average Bonchev–Trinajstić information content (AvgIpc) is 3.21. The lowest BCUT2D eigenvalue weighted by atomic mass is 9.87. The third-order valence-corrected chi connectivity index (χ3v) is 5.59. The van der Waals surface area contributed by atoms with Crippen molar-refractivity contribution in [1.82, 2.24) is 9.97 Å². The molecule has 0 saturated heterocycles. The summed E-state index contributed by atoms with van der Waals surface area (Å²) in [5, 5.41) is 0.668. The van der Waals surface area contributed by atoms with Gasteiger partial charge in [-0.15, -0.1) is 0 Å². The third kappa shape index (κ3) is 3.83. The molecule has 0 spiro atoms. The van der Waals surface area contributed by atoms with Crippen LogP contribution in [-0.4, -0.2) is 15.8 Å². The summed E-state index contributed by atoms with van der Waals surface area (Å²) in [6.45, 7) is 0. The molecule has 1 heterocycles. The van der Waals surface area contributed by atoms with E-state index >= 15 is 0 Å². The number of hydrogen-bond donors (Lipinski definition) is 1. The van der Waals surface area contributed by atoms with Crippen LogP contribution in [-0.2, 0) is 18.2 Å².